The number of aliphatic carboxylic acids is 1. The predicted octanol–water partition coefficient (Wildman–Crippen LogP) is 2.32. The van der Waals surface area contributed by atoms with Crippen LogP contribution in [0.4, 0.5) is 4.79 Å². The average molecular weight is 299 g/mol. The first-order chi connectivity index (χ1) is 9.36. The Morgan fingerprint density at radius 1 is 1.50 bits per heavy atom. The number of hydrogen-bond donors (Lipinski definition) is 3. The summed E-state index contributed by atoms with van der Waals surface area (Å²) in [5, 5.41) is 16.9. The summed E-state index contributed by atoms with van der Waals surface area (Å²) >= 11 is 1.44. The van der Waals surface area contributed by atoms with Crippen LogP contribution >= 0.6 is 11.3 Å². The highest BCUT2D eigenvalue weighted by Gasteiger charge is 2.27. The minimum absolute atomic E-state index is 0.428. The zero-order valence-electron chi connectivity index (χ0n) is 12.0. The molecule has 20 heavy (non-hydrogen) atoms. The van der Waals surface area contributed by atoms with E-state index in [9.17, 15) is 9.59 Å². The summed E-state index contributed by atoms with van der Waals surface area (Å²) in [6.45, 7) is 5.63. The van der Waals surface area contributed by atoms with Gasteiger partial charge in [-0.25, -0.2) is 14.6 Å². The van der Waals surface area contributed by atoms with Crippen LogP contribution in [0.15, 0.2) is 11.6 Å². The monoisotopic (exact) mass is 299 g/mol. The fourth-order valence-corrected chi connectivity index (χ4v) is 2.45. The lowest BCUT2D eigenvalue weighted by molar-refractivity contribution is -0.139. The van der Waals surface area contributed by atoms with Crippen molar-refractivity contribution < 1.29 is 14.7 Å². The summed E-state index contributed by atoms with van der Waals surface area (Å²) in [7, 11) is 0. The number of thiazole rings is 1. The molecule has 1 atom stereocenters. The summed E-state index contributed by atoms with van der Waals surface area (Å²) in [6.07, 6.45) is 3.74. The second kappa shape index (κ2) is 7.23. The number of rotatable bonds is 7. The number of carbonyl (C=O) groups excluding carboxylic acids is 1. The Morgan fingerprint density at radius 2 is 2.20 bits per heavy atom. The maximum Gasteiger partial charge on any atom is 0.326 e. The quantitative estimate of drug-likeness (QED) is 0.720. The Morgan fingerprint density at radius 3 is 2.70 bits per heavy atom. The summed E-state index contributed by atoms with van der Waals surface area (Å²) in [5.74, 6) is -1.01. The van der Waals surface area contributed by atoms with E-state index in [0.717, 1.165) is 17.8 Å². The van der Waals surface area contributed by atoms with Crippen molar-refractivity contribution in [2.45, 2.75) is 51.6 Å². The first kappa shape index (κ1) is 16.4. The molecule has 0 saturated carbocycles. The number of carboxylic acids is 1. The van der Waals surface area contributed by atoms with Crippen LogP contribution in [0.25, 0.3) is 0 Å². The third-order valence-corrected chi connectivity index (χ3v) is 3.94. The van der Waals surface area contributed by atoms with Crippen molar-refractivity contribution in [2.24, 2.45) is 0 Å². The van der Waals surface area contributed by atoms with Gasteiger partial charge in [0.25, 0.3) is 0 Å². The molecule has 0 spiro atoms. The van der Waals surface area contributed by atoms with Gasteiger partial charge in [-0.1, -0.05) is 19.8 Å². The fraction of sp³-hybridized carbons (Fsp3) is 0.615. The minimum Gasteiger partial charge on any atom is -0.480 e. The largest absolute Gasteiger partial charge is 0.480 e. The molecular formula is C13H21N3O3S. The minimum atomic E-state index is -1.01. The third-order valence-electron chi connectivity index (χ3n) is 2.84. The molecule has 2 amide bonds. The molecule has 3 N–H and O–H groups in total. The van der Waals surface area contributed by atoms with Gasteiger partial charge in [0, 0.05) is 11.6 Å². The summed E-state index contributed by atoms with van der Waals surface area (Å²) in [6, 6.07) is -1.35. The molecule has 6 nitrogen and oxygen atoms in total. The number of amides is 2. The Balaban J connectivity index is 2.59. The standard InChI is InChI=1S/C13H21N3O3S/c1-4-5-6-9(10(17)18)15-12(19)16-13(2,3)11-14-7-8-20-11/h7-9H,4-6H2,1-3H3,(H,17,18)(H2,15,16,19)/t9-/m0/s1. The van der Waals surface area contributed by atoms with E-state index in [0.29, 0.717) is 6.42 Å². The first-order valence-corrected chi connectivity index (χ1v) is 7.46. The van der Waals surface area contributed by atoms with Gasteiger partial charge in [0.1, 0.15) is 11.0 Å². The molecular weight excluding hydrogens is 278 g/mol. The van der Waals surface area contributed by atoms with E-state index in [2.05, 4.69) is 15.6 Å². The third kappa shape index (κ3) is 4.80. The number of hydrogen-bond acceptors (Lipinski definition) is 4. The van der Waals surface area contributed by atoms with E-state index in [1.54, 1.807) is 6.20 Å². The van der Waals surface area contributed by atoms with Crippen molar-refractivity contribution in [1.29, 1.82) is 0 Å². The second-order valence-electron chi connectivity index (χ2n) is 5.09. The number of unbranched alkanes of at least 4 members (excludes halogenated alkanes) is 1. The maximum absolute atomic E-state index is 11.9. The molecule has 0 saturated heterocycles. The van der Waals surface area contributed by atoms with Gasteiger partial charge in [-0.3, -0.25) is 0 Å². The lowest BCUT2D eigenvalue weighted by atomic mass is 10.1. The molecule has 0 fully saturated rings. The first-order valence-electron chi connectivity index (χ1n) is 6.58. The predicted molar refractivity (Wildman–Crippen MR) is 77.8 cm³/mol. The molecule has 1 rings (SSSR count). The van der Waals surface area contributed by atoms with E-state index >= 15 is 0 Å². The van der Waals surface area contributed by atoms with E-state index in [1.807, 2.05) is 26.2 Å². The van der Waals surface area contributed by atoms with Gasteiger partial charge < -0.3 is 15.7 Å². The summed E-state index contributed by atoms with van der Waals surface area (Å²) < 4.78 is 0. The molecule has 0 aliphatic heterocycles. The van der Waals surface area contributed by atoms with Gasteiger partial charge in [0.15, 0.2) is 0 Å². The Labute approximate surface area is 122 Å². The zero-order valence-corrected chi connectivity index (χ0v) is 12.8. The molecule has 0 bridgehead atoms. The molecule has 1 aromatic heterocycles. The van der Waals surface area contributed by atoms with Crippen LogP contribution in [0.3, 0.4) is 0 Å². The SMILES string of the molecule is CCCC[C@H](NC(=O)NC(C)(C)c1nccs1)C(=O)O. The van der Waals surface area contributed by atoms with Gasteiger partial charge in [-0.2, -0.15) is 0 Å². The highest BCUT2D eigenvalue weighted by Crippen LogP contribution is 2.21. The van der Waals surface area contributed by atoms with E-state index in [-0.39, 0.29) is 0 Å². The smallest absolute Gasteiger partial charge is 0.326 e. The van der Waals surface area contributed by atoms with E-state index < -0.39 is 23.6 Å². The summed E-state index contributed by atoms with van der Waals surface area (Å²) in [5.41, 5.74) is -0.633. The van der Waals surface area contributed by atoms with Crippen LogP contribution < -0.4 is 10.6 Å². The Bertz CT molecular complexity index is 446. The number of carboxylic acid groups (broad SMARTS) is 1. The Hall–Kier alpha value is -1.63. The van der Waals surface area contributed by atoms with Crippen LogP contribution in [0.1, 0.15) is 45.0 Å². The van der Waals surface area contributed by atoms with Crippen LogP contribution in [-0.4, -0.2) is 28.1 Å². The van der Waals surface area contributed by atoms with Crippen LogP contribution in [0.2, 0.25) is 0 Å². The van der Waals surface area contributed by atoms with Crippen molar-refractivity contribution >= 4 is 23.3 Å². The second-order valence-corrected chi connectivity index (χ2v) is 5.99. The zero-order chi connectivity index (χ0) is 15.2. The van der Waals surface area contributed by atoms with Gasteiger partial charge in [0.2, 0.25) is 0 Å². The van der Waals surface area contributed by atoms with Gasteiger partial charge in [-0.05, 0) is 20.3 Å². The fourth-order valence-electron chi connectivity index (χ4n) is 1.73. The number of carbonyl (C=O) groups is 2. The normalized spacial score (nSPS) is 12.8. The highest BCUT2D eigenvalue weighted by molar-refractivity contribution is 7.09. The van der Waals surface area contributed by atoms with Crippen LogP contribution in [-0.2, 0) is 10.3 Å². The van der Waals surface area contributed by atoms with E-state index in [1.165, 1.54) is 11.3 Å². The van der Waals surface area contributed by atoms with Crippen molar-refractivity contribution in [3.8, 4) is 0 Å². The Kier molecular flexibility index (Phi) is 5.94. The summed E-state index contributed by atoms with van der Waals surface area (Å²) in [4.78, 5) is 27.2. The van der Waals surface area contributed by atoms with Crippen molar-refractivity contribution in [3.63, 3.8) is 0 Å². The van der Waals surface area contributed by atoms with Crippen LogP contribution in [0, 0.1) is 0 Å². The van der Waals surface area contributed by atoms with Gasteiger partial charge in [0.05, 0.1) is 5.54 Å². The number of aromatic nitrogens is 1. The average Bonchev–Trinajstić information content (AvgIpc) is 2.87. The van der Waals surface area contributed by atoms with Crippen LogP contribution in [0.5, 0.6) is 0 Å². The van der Waals surface area contributed by atoms with Gasteiger partial charge in [-0.15, -0.1) is 11.3 Å². The topological polar surface area (TPSA) is 91.3 Å². The number of nitrogens with one attached hydrogen (secondary N) is 2. The molecule has 0 aromatic carbocycles. The van der Waals surface area contributed by atoms with E-state index in [4.69, 9.17) is 5.11 Å². The number of urea groups is 1. The highest BCUT2D eigenvalue weighted by atomic mass is 32.1. The molecule has 0 aliphatic rings. The molecule has 0 radical (unpaired) electrons. The molecule has 112 valence electrons. The molecule has 1 heterocycles. The lowest BCUT2D eigenvalue weighted by Crippen LogP contribution is -2.51. The number of nitrogens with zero attached hydrogens (tertiary/aromatic N) is 1. The lowest BCUT2D eigenvalue weighted by Gasteiger charge is -2.25. The molecule has 7 heteroatoms. The molecule has 1 aromatic rings. The van der Waals surface area contributed by atoms with Crippen molar-refractivity contribution in [2.75, 3.05) is 0 Å². The van der Waals surface area contributed by atoms with Crippen molar-refractivity contribution in [1.82, 2.24) is 15.6 Å². The molecule has 0 unspecified atom stereocenters. The van der Waals surface area contributed by atoms with Crippen molar-refractivity contribution in [3.05, 3.63) is 16.6 Å². The molecule has 0 aliphatic carbocycles. The van der Waals surface area contributed by atoms with Gasteiger partial charge >= 0.3 is 12.0 Å². The maximum atomic E-state index is 11.9.